The van der Waals surface area contributed by atoms with E-state index in [9.17, 15) is 4.79 Å². The predicted octanol–water partition coefficient (Wildman–Crippen LogP) is 4.02. The van der Waals surface area contributed by atoms with Gasteiger partial charge in [-0.15, -0.1) is 0 Å². The monoisotopic (exact) mass is 420 g/mol. The van der Waals surface area contributed by atoms with E-state index in [0.29, 0.717) is 30.5 Å². The molecule has 31 heavy (non-hydrogen) atoms. The second kappa shape index (κ2) is 11.0. The lowest BCUT2D eigenvalue weighted by molar-refractivity contribution is 0.0472. The van der Waals surface area contributed by atoms with Gasteiger partial charge in [0.05, 0.1) is 17.8 Å². The summed E-state index contributed by atoms with van der Waals surface area (Å²) >= 11 is 0. The van der Waals surface area contributed by atoms with Crippen LogP contribution in [0.5, 0.6) is 0 Å². The highest BCUT2D eigenvalue weighted by Crippen LogP contribution is 2.14. The van der Waals surface area contributed by atoms with Crippen molar-refractivity contribution in [3.05, 3.63) is 88.8 Å². The molecule has 7 nitrogen and oxygen atoms in total. The zero-order valence-electron chi connectivity index (χ0n) is 18.1. The van der Waals surface area contributed by atoms with Crippen molar-refractivity contribution in [2.45, 2.75) is 39.5 Å². The third-order valence-electron chi connectivity index (χ3n) is 4.66. The highest BCUT2D eigenvalue weighted by Gasteiger charge is 2.10. The molecule has 3 aromatic rings. The molecule has 2 aromatic carbocycles. The van der Waals surface area contributed by atoms with Gasteiger partial charge in [-0.2, -0.15) is 0 Å². The van der Waals surface area contributed by atoms with E-state index in [0.717, 1.165) is 22.6 Å². The van der Waals surface area contributed by atoms with E-state index in [1.165, 1.54) is 0 Å². The Balaban J connectivity index is 1.50. The van der Waals surface area contributed by atoms with E-state index in [1.807, 2.05) is 54.6 Å². The molecule has 1 aromatic heterocycles. The van der Waals surface area contributed by atoms with Gasteiger partial charge in [-0.1, -0.05) is 61.5 Å². The molecule has 0 aliphatic rings. The fraction of sp³-hybridized carbons (Fsp3) is 0.292. The molecule has 3 rings (SSSR count). The molecule has 0 radical (unpaired) electrons. The minimum Gasteiger partial charge on any atom is -0.457 e. The van der Waals surface area contributed by atoms with Gasteiger partial charge in [0.15, 0.2) is 11.7 Å². The molecular formula is C24H28N4O3. The summed E-state index contributed by atoms with van der Waals surface area (Å²) in [7, 11) is 1.70. The summed E-state index contributed by atoms with van der Waals surface area (Å²) in [6, 6.07) is 18.9. The Morgan fingerprint density at radius 3 is 2.48 bits per heavy atom. The molecule has 0 saturated carbocycles. The van der Waals surface area contributed by atoms with Crippen molar-refractivity contribution in [2.75, 3.05) is 7.05 Å². The first kappa shape index (κ1) is 22.1. The number of carbonyl (C=O) groups is 1. The van der Waals surface area contributed by atoms with Crippen LogP contribution in [0.15, 0.2) is 70.2 Å². The van der Waals surface area contributed by atoms with E-state index in [2.05, 4.69) is 34.6 Å². The van der Waals surface area contributed by atoms with Crippen molar-refractivity contribution < 1.29 is 14.1 Å². The second-order valence-corrected chi connectivity index (χ2v) is 7.41. The third-order valence-corrected chi connectivity index (χ3v) is 4.66. The molecule has 7 heteroatoms. The van der Waals surface area contributed by atoms with Crippen LogP contribution < -0.4 is 10.6 Å². The topological polar surface area (TPSA) is 88.8 Å². The average molecular weight is 421 g/mol. The number of aliphatic imine (C=N–C) groups is 1. The molecule has 1 heterocycles. The number of esters is 1. The van der Waals surface area contributed by atoms with Gasteiger partial charge in [0, 0.05) is 19.7 Å². The van der Waals surface area contributed by atoms with Crippen molar-refractivity contribution in [2.24, 2.45) is 4.99 Å². The number of rotatable bonds is 8. The van der Waals surface area contributed by atoms with Crippen LogP contribution in [0.1, 0.15) is 52.7 Å². The number of guanidine groups is 1. The number of hydrogen-bond donors (Lipinski definition) is 2. The van der Waals surface area contributed by atoms with Crippen molar-refractivity contribution in [3.8, 4) is 0 Å². The summed E-state index contributed by atoms with van der Waals surface area (Å²) in [5.41, 5.74) is 3.34. The summed E-state index contributed by atoms with van der Waals surface area (Å²) in [6.45, 7) is 5.37. The average Bonchev–Trinajstić information content (AvgIpc) is 3.28. The lowest BCUT2D eigenvalue weighted by atomic mass is 10.1. The minimum absolute atomic E-state index is 0.249. The van der Waals surface area contributed by atoms with Gasteiger partial charge < -0.3 is 19.9 Å². The Labute approximate surface area is 182 Å². The molecule has 0 atom stereocenters. The zero-order valence-corrected chi connectivity index (χ0v) is 18.1. The van der Waals surface area contributed by atoms with Crippen molar-refractivity contribution in [1.29, 1.82) is 0 Å². The molecule has 162 valence electrons. The van der Waals surface area contributed by atoms with Gasteiger partial charge in [-0.25, -0.2) is 4.79 Å². The quantitative estimate of drug-likeness (QED) is 0.325. The van der Waals surface area contributed by atoms with Gasteiger partial charge in [-0.3, -0.25) is 4.99 Å². The fourth-order valence-corrected chi connectivity index (χ4v) is 2.88. The van der Waals surface area contributed by atoms with Crippen LogP contribution in [-0.2, 0) is 24.4 Å². The van der Waals surface area contributed by atoms with E-state index in [1.54, 1.807) is 13.1 Å². The SMILES string of the molecule is CN=C(NCc1cccc(C(=O)OCc2ccccc2)c1)NCc1cc(C(C)C)no1. The predicted molar refractivity (Wildman–Crippen MR) is 120 cm³/mol. The molecule has 0 amide bonds. The maximum Gasteiger partial charge on any atom is 0.338 e. The Bertz CT molecular complexity index is 1010. The van der Waals surface area contributed by atoms with E-state index >= 15 is 0 Å². The lowest BCUT2D eigenvalue weighted by Crippen LogP contribution is -2.36. The molecular weight excluding hydrogens is 392 g/mol. The van der Waals surface area contributed by atoms with Crippen LogP contribution >= 0.6 is 0 Å². The molecule has 0 saturated heterocycles. The molecule has 0 bridgehead atoms. The first-order valence-electron chi connectivity index (χ1n) is 10.2. The summed E-state index contributed by atoms with van der Waals surface area (Å²) in [5.74, 6) is 1.34. The van der Waals surface area contributed by atoms with Gasteiger partial charge in [-0.05, 0) is 29.2 Å². The highest BCUT2D eigenvalue weighted by atomic mass is 16.5. The molecule has 2 N–H and O–H groups in total. The minimum atomic E-state index is -0.348. The first-order valence-corrected chi connectivity index (χ1v) is 10.2. The second-order valence-electron chi connectivity index (χ2n) is 7.41. The van der Waals surface area contributed by atoms with Crippen molar-refractivity contribution in [3.63, 3.8) is 0 Å². The first-order chi connectivity index (χ1) is 15.0. The molecule has 0 unspecified atom stereocenters. The van der Waals surface area contributed by atoms with Gasteiger partial charge in [0.1, 0.15) is 6.61 Å². The van der Waals surface area contributed by atoms with Crippen LogP contribution in [0.3, 0.4) is 0 Å². The van der Waals surface area contributed by atoms with Crippen LogP contribution in [-0.4, -0.2) is 24.1 Å². The normalized spacial score (nSPS) is 11.4. The maximum absolute atomic E-state index is 12.4. The number of benzene rings is 2. The van der Waals surface area contributed by atoms with E-state index in [4.69, 9.17) is 9.26 Å². The Morgan fingerprint density at radius 2 is 1.77 bits per heavy atom. The van der Waals surface area contributed by atoms with Crippen LogP contribution in [0.4, 0.5) is 0 Å². The van der Waals surface area contributed by atoms with Crippen molar-refractivity contribution >= 4 is 11.9 Å². The van der Waals surface area contributed by atoms with E-state index in [-0.39, 0.29) is 12.6 Å². The Hall–Kier alpha value is -3.61. The van der Waals surface area contributed by atoms with Crippen molar-refractivity contribution in [1.82, 2.24) is 15.8 Å². The standard InChI is InChI=1S/C24H28N4O3/c1-17(2)22-13-21(31-28-22)15-27-24(25-3)26-14-19-10-7-11-20(12-19)23(29)30-16-18-8-5-4-6-9-18/h4-13,17H,14-16H2,1-3H3,(H2,25,26,27). The molecule has 0 spiro atoms. The molecule has 0 fully saturated rings. The van der Waals surface area contributed by atoms with Gasteiger partial charge in [0.2, 0.25) is 0 Å². The molecule has 0 aliphatic heterocycles. The summed E-state index contributed by atoms with van der Waals surface area (Å²) in [6.07, 6.45) is 0. The van der Waals surface area contributed by atoms with Gasteiger partial charge >= 0.3 is 5.97 Å². The third kappa shape index (κ3) is 6.70. The largest absolute Gasteiger partial charge is 0.457 e. The lowest BCUT2D eigenvalue weighted by Gasteiger charge is -2.11. The summed E-state index contributed by atoms with van der Waals surface area (Å²) < 4.78 is 10.7. The summed E-state index contributed by atoms with van der Waals surface area (Å²) in [4.78, 5) is 16.6. The number of ether oxygens (including phenoxy) is 1. The van der Waals surface area contributed by atoms with Crippen LogP contribution in [0.2, 0.25) is 0 Å². The van der Waals surface area contributed by atoms with E-state index < -0.39 is 0 Å². The molecule has 0 aliphatic carbocycles. The number of nitrogens with zero attached hydrogens (tertiary/aromatic N) is 2. The number of nitrogens with one attached hydrogen (secondary N) is 2. The number of hydrogen-bond acceptors (Lipinski definition) is 5. The summed E-state index contributed by atoms with van der Waals surface area (Å²) in [5, 5.41) is 10.5. The fourth-order valence-electron chi connectivity index (χ4n) is 2.88. The Kier molecular flexibility index (Phi) is 7.81. The Morgan fingerprint density at radius 1 is 1.03 bits per heavy atom. The zero-order chi connectivity index (χ0) is 22.1. The van der Waals surface area contributed by atoms with Gasteiger partial charge in [0.25, 0.3) is 0 Å². The number of aromatic nitrogens is 1. The smallest absolute Gasteiger partial charge is 0.338 e. The van der Waals surface area contributed by atoms with Crippen LogP contribution in [0.25, 0.3) is 0 Å². The van der Waals surface area contributed by atoms with Crippen LogP contribution in [0, 0.1) is 0 Å². The highest BCUT2D eigenvalue weighted by molar-refractivity contribution is 5.89. The maximum atomic E-state index is 12.4. The number of carbonyl (C=O) groups excluding carboxylic acids is 1.